The van der Waals surface area contributed by atoms with E-state index in [-0.39, 0.29) is 5.91 Å². The average molecular weight is 414 g/mol. The summed E-state index contributed by atoms with van der Waals surface area (Å²) >= 11 is 0. The Morgan fingerprint density at radius 3 is 2.70 bits per heavy atom. The minimum absolute atomic E-state index is 0.0665. The van der Waals surface area contributed by atoms with Gasteiger partial charge in [0.1, 0.15) is 5.75 Å². The summed E-state index contributed by atoms with van der Waals surface area (Å²) in [5.74, 6) is 3.23. The maximum absolute atomic E-state index is 12.9. The van der Waals surface area contributed by atoms with E-state index in [0.29, 0.717) is 29.8 Å². The number of carbonyl (C=O) groups excluding carboxylic acids is 1. The molecule has 0 atom stereocenters. The van der Waals surface area contributed by atoms with E-state index in [1.54, 1.807) is 0 Å². The molecule has 0 bridgehead atoms. The van der Waals surface area contributed by atoms with Crippen LogP contribution in [0, 0.1) is 5.92 Å². The highest BCUT2D eigenvalue weighted by Crippen LogP contribution is 2.28. The van der Waals surface area contributed by atoms with Crippen LogP contribution in [0.2, 0.25) is 0 Å². The van der Waals surface area contributed by atoms with Crippen molar-refractivity contribution in [3.63, 3.8) is 0 Å². The lowest BCUT2D eigenvalue weighted by Crippen LogP contribution is -2.38. The Balaban J connectivity index is 1.25. The number of aromatic nitrogens is 2. The fourth-order valence-corrected chi connectivity index (χ4v) is 4.33. The van der Waals surface area contributed by atoms with E-state index in [9.17, 15) is 4.79 Å². The molecule has 7 nitrogen and oxygen atoms in total. The third kappa shape index (κ3) is 5.01. The second kappa shape index (κ2) is 10.1. The Morgan fingerprint density at radius 1 is 1.17 bits per heavy atom. The quantitative estimate of drug-likeness (QED) is 0.686. The van der Waals surface area contributed by atoms with Crippen LogP contribution in [-0.4, -0.2) is 53.9 Å². The lowest BCUT2D eigenvalue weighted by atomic mass is 9.91. The van der Waals surface area contributed by atoms with Crippen molar-refractivity contribution in [1.82, 2.24) is 15.0 Å². The van der Waals surface area contributed by atoms with Crippen molar-refractivity contribution in [2.45, 2.75) is 51.4 Å². The van der Waals surface area contributed by atoms with Crippen LogP contribution < -0.4 is 4.74 Å². The van der Waals surface area contributed by atoms with Gasteiger partial charge in [0.25, 0.3) is 5.91 Å². The Morgan fingerprint density at radius 2 is 1.93 bits per heavy atom. The number of amides is 1. The van der Waals surface area contributed by atoms with Crippen LogP contribution >= 0.6 is 0 Å². The first-order chi connectivity index (χ1) is 14.7. The van der Waals surface area contributed by atoms with Gasteiger partial charge in [-0.25, -0.2) is 0 Å². The van der Waals surface area contributed by atoms with Crippen molar-refractivity contribution >= 4 is 5.91 Å². The Kier molecular flexibility index (Phi) is 7.00. The normalized spacial score (nSPS) is 18.5. The van der Waals surface area contributed by atoms with Crippen LogP contribution in [0.5, 0.6) is 5.75 Å². The molecule has 7 heteroatoms. The number of aryl methyl sites for hydroxylation is 1. The minimum atomic E-state index is 0.0665. The number of likely N-dealkylation sites (tertiary alicyclic amines) is 1. The van der Waals surface area contributed by atoms with Crippen LogP contribution in [0.15, 0.2) is 28.8 Å². The summed E-state index contributed by atoms with van der Waals surface area (Å²) < 4.78 is 16.5. The number of hydrogen-bond donors (Lipinski definition) is 0. The zero-order valence-corrected chi connectivity index (χ0v) is 17.7. The lowest BCUT2D eigenvalue weighted by Gasteiger charge is -2.32. The number of para-hydroxylation sites is 1. The van der Waals surface area contributed by atoms with Gasteiger partial charge in [-0.3, -0.25) is 4.79 Å². The largest absolute Gasteiger partial charge is 0.493 e. The molecule has 1 aromatic carbocycles. The summed E-state index contributed by atoms with van der Waals surface area (Å²) in [6, 6.07) is 7.51. The van der Waals surface area contributed by atoms with E-state index >= 15 is 0 Å². The van der Waals surface area contributed by atoms with Gasteiger partial charge in [0.05, 0.1) is 12.2 Å². The van der Waals surface area contributed by atoms with Crippen molar-refractivity contribution in [3.05, 3.63) is 41.5 Å². The van der Waals surface area contributed by atoms with E-state index in [1.807, 2.05) is 36.1 Å². The summed E-state index contributed by atoms with van der Waals surface area (Å²) in [5.41, 5.74) is 0.658. The van der Waals surface area contributed by atoms with Gasteiger partial charge in [-0.15, -0.1) is 0 Å². The van der Waals surface area contributed by atoms with Gasteiger partial charge in [-0.2, -0.15) is 4.98 Å². The predicted octanol–water partition coefficient (Wildman–Crippen LogP) is 3.85. The molecule has 0 radical (unpaired) electrons. The molecule has 0 saturated carbocycles. The van der Waals surface area contributed by atoms with E-state index in [0.717, 1.165) is 76.5 Å². The maximum atomic E-state index is 12.9. The first-order valence-corrected chi connectivity index (χ1v) is 11.2. The molecule has 1 aromatic heterocycles. The standard InChI is InChI=1S/C23H31N3O4/c1-2-29-20-6-4-3-5-19(20)23(27)26-13-9-17(10-14-26)7-8-21-24-22(30-25-21)18-11-15-28-16-12-18/h3-6,17-18H,2,7-16H2,1H3. The molecular weight excluding hydrogens is 382 g/mol. The topological polar surface area (TPSA) is 77.7 Å². The first kappa shape index (κ1) is 20.8. The van der Waals surface area contributed by atoms with E-state index in [4.69, 9.17) is 14.0 Å². The lowest BCUT2D eigenvalue weighted by molar-refractivity contribution is 0.0682. The molecular formula is C23H31N3O4. The number of ether oxygens (including phenoxy) is 2. The van der Waals surface area contributed by atoms with Crippen molar-refractivity contribution in [2.75, 3.05) is 32.9 Å². The molecule has 0 spiro atoms. The molecule has 162 valence electrons. The Hall–Kier alpha value is -2.41. The zero-order valence-electron chi connectivity index (χ0n) is 17.7. The van der Waals surface area contributed by atoms with Crippen molar-refractivity contribution in [1.29, 1.82) is 0 Å². The highest BCUT2D eigenvalue weighted by atomic mass is 16.5. The van der Waals surface area contributed by atoms with Crippen LogP contribution in [0.25, 0.3) is 0 Å². The number of rotatable bonds is 7. The number of hydrogen-bond acceptors (Lipinski definition) is 6. The molecule has 0 N–H and O–H groups in total. The molecule has 2 aliphatic heterocycles. The fraction of sp³-hybridized carbons (Fsp3) is 0.609. The molecule has 3 heterocycles. The summed E-state index contributed by atoms with van der Waals surface area (Å²) in [6.45, 7) is 5.60. The molecule has 2 aromatic rings. The number of benzene rings is 1. The van der Waals surface area contributed by atoms with Crippen LogP contribution in [0.4, 0.5) is 0 Å². The molecule has 2 saturated heterocycles. The fourth-order valence-electron chi connectivity index (χ4n) is 4.33. The molecule has 2 fully saturated rings. The van der Waals surface area contributed by atoms with E-state index in [2.05, 4.69) is 10.1 Å². The number of carbonyl (C=O) groups is 1. The molecule has 4 rings (SSSR count). The van der Waals surface area contributed by atoms with Gasteiger partial charge >= 0.3 is 0 Å². The van der Waals surface area contributed by atoms with Gasteiger partial charge in [-0.1, -0.05) is 17.3 Å². The second-order valence-corrected chi connectivity index (χ2v) is 8.14. The van der Waals surface area contributed by atoms with Gasteiger partial charge in [0.2, 0.25) is 5.89 Å². The second-order valence-electron chi connectivity index (χ2n) is 8.14. The highest BCUT2D eigenvalue weighted by molar-refractivity contribution is 5.97. The summed E-state index contributed by atoms with van der Waals surface area (Å²) in [6.07, 6.45) is 5.80. The van der Waals surface area contributed by atoms with Crippen LogP contribution in [0.1, 0.15) is 67.0 Å². The average Bonchev–Trinajstić information content (AvgIpc) is 3.28. The van der Waals surface area contributed by atoms with E-state index < -0.39 is 0 Å². The molecule has 0 aliphatic carbocycles. The number of nitrogens with zero attached hydrogens (tertiary/aromatic N) is 3. The SMILES string of the molecule is CCOc1ccccc1C(=O)N1CCC(CCc2noc(C3CCOCC3)n2)CC1. The van der Waals surface area contributed by atoms with Crippen LogP contribution in [0.3, 0.4) is 0 Å². The van der Waals surface area contributed by atoms with Gasteiger partial charge in [-0.05, 0) is 57.1 Å². The smallest absolute Gasteiger partial charge is 0.257 e. The third-order valence-corrected chi connectivity index (χ3v) is 6.15. The molecule has 30 heavy (non-hydrogen) atoms. The Bertz CT molecular complexity index is 823. The molecule has 0 unspecified atom stereocenters. The van der Waals surface area contributed by atoms with Crippen molar-refractivity contribution in [3.8, 4) is 5.75 Å². The summed E-state index contributed by atoms with van der Waals surface area (Å²) in [4.78, 5) is 19.5. The maximum Gasteiger partial charge on any atom is 0.257 e. The summed E-state index contributed by atoms with van der Waals surface area (Å²) in [5, 5.41) is 4.18. The highest BCUT2D eigenvalue weighted by Gasteiger charge is 2.26. The van der Waals surface area contributed by atoms with Crippen LogP contribution in [-0.2, 0) is 11.2 Å². The predicted molar refractivity (Wildman–Crippen MR) is 112 cm³/mol. The third-order valence-electron chi connectivity index (χ3n) is 6.15. The van der Waals surface area contributed by atoms with Gasteiger partial charge in [0, 0.05) is 38.6 Å². The Labute approximate surface area is 177 Å². The monoisotopic (exact) mass is 413 g/mol. The minimum Gasteiger partial charge on any atom is -0.493 e. The molecule has 2 aliphatic rings. The van der Waals surface area contributed by atoms with Gasteiger partial charge in [0.15, 0.2) is 5.82 Å². The van der Waals surface area contributed by atoms with E-state index in [1.165, 1.54) is 0 Å². The number of piperidine rings is 1. The van der Waals surface area contributed by atoms with Gasteiger partial charge < -0.3 is 18.9 Å². The zero-order chi connectivity index (χ0) is 20.8. The first-order valence-electron chi connectivity index (χ1n) is 11.2. The summed E-state index contributed by atoms with van der Waals surface area (Å²) in [7, 11) is 0. The molecule has 1 amide bonds. The van der Waals surface area contributed by atoms with Crippen molar-refractivity contribution in [2.24, 2.45) is 5.92 Å². The van der Waals surface area contributed by atoms with Crippen molar-refractivity contribution < 1.29 is 18.8 Å².